The van der Waals surface area contributed by atoms with Crippen molar-refractivity contribution < 1.29 is 13.5 Å². The zero-order valence-electron chi connectivity index (χ0n) is 9.58. The fourth-order valence-electron chi connectivity index (χ4n) is 0.992. The first-order valence-electron chi connectivity index (χ1n) is 5.10. The van der Waals surface area contributed by atoms with E-state index in [4.69, 9.17) is 5.11 Å². The molecule has 0 bridgehead atoms. The molecule has 1 N–H and O–H groups in total. The molecule has 1 unspecified atom stereocenters. The first-order chi connectivity index (χ1) is 6.27. The molecule has 0 aromatic rings. The summed E-state index contributed by atoms with van der Waals surface area (Å²) in [6, 6.07) is 0. The number of rotatable bonds is 6. The topological polar surface area (TPSA) is 54.4 Å². The quantitative estimate of drug-likeness (QED) is 0.743. The summed E-state index contributed by atoms with van der Waals surface area (Å²) in [6.07, 6.45) is 1.34. The molecule has 0 aliphatic heterocycles. The third-order valence-corrected chi connectivity index (χ3v) is 5.15. The van der Waals surface area contributed by atoms with Crippen LogP contribution in [-0.2, 0) is 9.84 Å². The smallest absolute Gasteiger partial charge is 0.152 e. The predicted octanol–water partition coefficient (Wildman–Crippen LogP) is 1.61. The van der Waals surface area contributed by atoms with Gasteiger partial charge in [0.15, 0.2) is 9.84 Å². The average molecular weight is 222 g/mol. The van der Waals surface area contributed by atoms with Gasteiger partial charge in [-0.1, -0.05) is 13.8 Å². The van der Waals surface area contributed by atoms with E-state index in [9.17, 15) is 8.42 Å². The van der Waals surface area contributed by atoms with Gasteiger partial charge in [0.2, 0.25) is 0 Å². The van der Waals surface area contributed by atoms with E-state index in [1.165, 1.54) is 0 Å². The molecule has 0 aliphatic carbocycles. The van der Waals surface area contributed by atoms with Gasteiger partial charge in [-0.15, -0.1) is 0 Å². The highest BCUT2D eigenvalue weighted by Crippen LogP contribution is 2.25. The second-order valence-corrected chi connectivity index (χ2v) is 7.16. The largest absolute Gasteiger partial charge is 0.396 e. The van der Waals surface area contributed by atoms with Crippen molar-refractivity contribution in [3.63, 3.8) is 0 Å². The third-order valence-electron chi connectivity index (χ3n) is 2.94. The minimum Gasteiger partial charge on any atom is -0.396 e. The van der Waals surface area contributed by atoms with Gasteiger partial charge in [0.25, 0.3) is 0 Å². The summed E-state index contributed by atoms with van der Waals surface area (Å²) in [4.78, 5) is 0. The molecule has 3 nitrogen and oxygen atoms in total. The van der Waals surface area contributed by atoms with Gasteiger partial charge < -0.3 is 5.11 Å². The molecule has 0 saturated carbocycles. The zero-order valence-corrected chi connectivity index (χ0v) is 10.4. The Kier molecular flexibility index (Phi) is 5.09. The average Bonchev–Trinajstić information content (AvgIpc) is 2.14. The van der Waals surface area contributed by atoms with E-state index in [0.717, 1.165) is 6.42 Å². The fraction of sp³-hybridized carbons (Fsp3) is 1.00. The molecule has 0 aromatic carbocycles. The van der Waals surface area contributed by atoms with E-state index in [-0.39, 0.29) is 23.0 Å². The SMILES string of the molecule is CCC(C)(CO)CCS(=O)(=O)C(C)C. The summed E-state index contributed by atoms with van der Waals surface area (Å²) >= 11 is 0. The van der Waals surface area contributed by atoms with Crippen molar-refractivity contribution in [1.29, 1.82) is 0 Å². The number of hydrogen-bond donors (Lipinski definition) is 1. The van der Waals surface area contributed by atoms with Gasteiger partial charge >= 0.3 is 0 Å². The molecule has 14 heavy (non-hydrogen) atoms. The number of aliphatic hydroxyl groups is 1. The van der Waals surface area contributed by atoms with Crippen molar-refractivity contribution in [1.82, 2.24) is 0 Å². The Morgan fingerprint density at radius 1 is 1.36 bits per heavy atom. The predicted molar refractivity (Wildman–Crippen MR) is 59.0 cm³/mol. The van der Waals surface area contributed by atoms with Crippen LogP contribution >= 0.6 is 0 Å². The van der Waals surface area contributed by atoms with Gasteiger partial charge in [0.05, 0.1) is 11.0 Å². The highest BCUT2D eigenvalue weighted by atomic mass is 32.2. The summed E-state index contributed by atoms with van der Waals surface area (Å²) in [6.45, 7) is 7.33. The second-order valence-electron chi connectivity index (χ2n) is 4.49. The minimum atomic E-state index is -2.96. The van der Waals surface area contributed by atoms with Crippen LogP contribution < -0.4 is 0 Å². The van der Waals surface area contributed by atoms with E-state index >= 15 is 0 Å². The summed E-state index contributed by atoms with van der Waals surface area (Å²) in [5, 5.41) is 8.81. The maximum atomic E-state index is 11.5. The van der Waals surface area contributed by atoms with Crippen LogP contribution in [0, 0.1) is 5.41 Å². The standard InChI is InChI=1S/C10H22O3S/c1-5-10(4,8-11)6-7-14(12,13)9(2)3/h9,11H,5-8H2,1-4H3. The molecule has 0 amide bonds. The van der Waals surface area contributed by atoms with Crippen molar-refractivity contribution in [2.75, 3.05) is 12.4 Å². The second kappa shape index (κ2) is 5.12. The molecule has 0 aromatic heterocycles. The lowest BCUT2D eigenvalue weighted by Crippen LogP contribution is -2.27. The van der Waals surface area contributed by atoms with Crippen LogP contribution in [0.1, 0.15) is 40.5 Å². The van der Waals surface area contributed by atoms with Crippen LogP contribution in [0.5, 0.6) is 0 Å². The van der Waals surface area contributed by atoms with Crippen molar-refractivity contribution in [2.24, 2.45) is 5.41 Å². The van der Waals surface area contributed by atoms with Gasteiger partial charge in [0, 0.05) is 6.61 Å². The molecule has 0 radical (unpaired) electrons. The lowest BCUT2D eigenvalue weighted by Gasteiger charge is -2.25. The van der Waals surface area contributed by atoms with Crippen LogP contribution in [0.3, 0.4) is 0 Å². The monoisotopic (exact) mass is 222 g/mol. The Balaban J connectivity index is 4.31. The number of hydrogen-bond acceptors (Lipinski definition) is 3. The minimum absolute atomic E-state index is 0.0527. The first kappa shape index (κ1) is 13.9. The van der Waals surface area contributed by atoms with Gasteiger partial charge in [-0.2, -0.15) is 0 Å². The summed E-state index contributed by atoms with van der Waals surface area (Å²) in [5.41, 5.74) is -0.248. The Morgan fingerprint density at radius 2 is 1.86 bits per heavy atom. The molecule has 86 valence electrons. The molecule has 4 heteroatoms. The third kappa shape index (κ3) is 3.96. The Hall–Kier alpha value is -0.0900. The molecule has 0 fully saturated rings. The Bertz CT molecular complexity index is 251. The molecular weight excluding hydrogens is 200 g/mol. The highest BCUT2D eigenvalue weighted by Gasteiger charge is 2.25. The lowest BCUT2D eigenvalue weighted by atomic mass is 9.86. The van der Waals surface area contributed by atoms with Crippen molar-refractivity contribution in [3.8, 4) is 0 Å². The molecule has 0 aliphatic rings. The zero-order chi connectivity index (χ0) is 11.4. The summed E-state index contributed by atoms with van der Waals surface area (Å²) in [5.74, 6) is 0.176. The van der Waals surface area contributed by atoms with Gasteiger partial charge in [0.1, 0.15) is 0 Å². The van der Waals surface area contributed by atoms with Crippen LogP contribution in [0.4, 0.5) is 0 Å². The van der Waals surface area contributed by atoms with Crippen LogP contribution in [-0.4, -0.2) is 31.1 Å². The van der Waals surface area contributed by atoms with E-state index in [1.807, 2.05) is 13.8 Å². The fourth-order valence-corrected chi connectivity index (χ4v) is 2.24. The van der Waals surface area contributed by atoms with E-state index in [0.29, 0.717) is 6.42 Å². The van der Waals surface area contributed by atoms with E-state index < -0.39 is 9.84 Å². The van der Waals surface area contributed by atoms with Gasteiger partial charge in [-0.05, 0) is 32.1 Å². The van der Waals surface area contributed by atoms with Gasteiger partial charge in [-0.3, -0.25) is 0 Å². The molecule has 0 rings (SSSR count). The first-order valence-corrected chi connectivity index (χ1v) is 6.81. The summed E-state index contributed by atoms with van der Waals surface area (Å²) < 4.78 is 23.1. The lowest BCUT2D eigenvalue weighted by molar-refractivity contribution is 0.134. The molecular formula is C10H22O3S. The summed E-state index contributed by atoms with van der Waals surface area (Å²) in [7, 11) is -2.96. The van der Waals surface area contributed by atoms with Crippen molar-refractivity contribution in [2.45, 2.75) is 45.8 Å². The van der Waals surface area contributed by atoms with Crippen LogP contribution in [0.2, 0.25) is 0 Å². The molecule has 0 saturated heterocycles. The normalized spacial score (nSPS) is 17.0. The Morgan fingerprint density at radius 3 is 2.14 bits per heavy atom. The van der Waals surface area contributed by atoms with Crippen LogP contribution in [0.15, 0.2) is 0 Å². The van der Waals surface area contributed by atoms with E-state index in [1.54, 1.807) is 13.8 Å². The Labute approximate surface area is 87.4 Å². The van der Waals surface area contributed by atoms with E-state index in [2.05, 4.69) is 0 Å². The van der Waals surface area contributed by atoms with Crippen molar-refractivity contribution >= 4 is 9.84 Å². The molecule has 0 spiro atoms. The number of sulfone groups is 1. The van der Waals surface area contributed by atoms with Gasteiger partial charge in [-0.25, -0.2) is 8.42 Å². The maximum Gasteiger partial charge on any atom is 0.152 e. The van der Waals surface area contributed by atoms with Crippen LogP contribution in [0.25, 0.3) is 0 Å². The van der Waals surface area contributed by atoms with Crippen molar-refractivity contribution in [3.05, 3.63) is 0 Å². The molecule has 0 heterocycles. The highest BCUT2D eigenvalue weighted by molar-refractivity contribution is 7.91. The molecule has 1 atom stereocenters. The maximum absolute atomic E-state index is 11.5. The number of aliphatic hydroxyl groups excluding tert-OH is 1.